The molecule has 0 aliphatic carbocycles. The van der Waals surface area contributed by atoms with Crippen molar-refractivity contribution in [3.05, 3.63) is 30.3 Å². The number of thioether (sulfide) groups is 1. The fraction of sp³-hybridized carbons (Fsp3) is 0.750. The van der Waals surface area contributed by atoms with Gasteiger partial charge in [-0.25, -0.2) is 0 Å². The van der Waals surface area contributed by atoms with Gasteiger partial charge in [0.15, 0.2) is 16.6 Å². The molecule has 0 spiro atoms. The smallest absolute Gasteiger partial charge is 0.192 e. The lowest BCUT2D eigenvalue weighted by Gasteiger charge is -2.49. The van der Waals surface area contributed by atoms with Gasteiger partial charge < -0.3 is 13.6 Å². The highest BCUT2D eigenvalue weighted by molar-refractivity contribution is 7.99. The van der Waals surface area contributed by atoms with E-state index in [-0.39, 0.29) is 33.8 Å². The molecule has 1 fully saturated rings. The summed E-state index contributed by atoms with van der Waals surface area (Å²) in [4.78, 5) is 1.24. The maximum Gasteiger partial charge on any atom is 0.192 e. The zero-order valence-electron chi connectivity index (χ0n) is 21.0. The molecule has 4 atom stereocenters. The van der Waals surface area contributed by atoms with Crippen LogP contribution in [0.3, 0.4) is 0 Å². The average Bonchev–Trinajstić information content (AvgIpc) is 2.56. The van der Waals surface area contributed by atoms with E-state index in [1.807, 2.05) is 0 Å². The highest BCUT2D eigenvalue weighted by Gasteiger charge is 2.49. The summed E-state index contributed by atoms with van der Waals surface area (Å²) in [5, 5.41) is 0.321. The van der Waals surface area contributed by atoms with Crippen molar-refractivity contribution in [3.8, 4) is 0 Å². The molecule has 172 valence electrons. The fourth-order valence-corrected chi connectivity index (χ4v) is 6.94. The molecule has 1 heterocycles. The van der Waals surface area contributed by atoms with Gasteiger partial charge in [-0.05, 0) is 55.3 Å². The lowest BCUT2D eigenvalue weighted by Crippen LogP contribution is -2.58. The van der Waals surface area contributed by atoms with Gasteiger partial charge in [0, 0.05) is 11.3 Å². The Bertz CT molecular complexity index is 680. The molecule has 0 bridgehead atoms. The fourth-order valence-electron chi connectivity index (χ4n) is 3.08. The quantitative estimate of drug-likeness (QED) is 0.400. The summed E-state index contributed by atoms with van der Waals surface area (Å²) < 4.78 is 20.4. The molecule has 0 N–H and O–H groups in total. The SMILES string of the molecule is C[C@@H]1O[C@H](Sc2ccccc2)C[C@H](O[Si](C)(C)C(C)(C)C)[C@H]1O[Si](C)(C)C(C)(C)C. The van der Waals surface area contributed by atoms with E-state index in [2.05, 4.69) is 105 Å². The molecule has 1 aliphatic rings. The Morgan fingerprint density at radius 2 is 1.37 bits per heavy atom. The first-order valence-electron chi connectivity index (χ1n) is 11.3. The molecule has 0 radical (unpaired) electrons. The number of hydrogen-bond acceptors (Lipinski definition) is 4. The van der Waals surface area contributed by atoms with Crippen LogP contribution < -0.4 is 0 Å². The highest BCUT2D eigenvalue weighted by Crippen LogP contribution is 2.44. The molecular weight excluding hydrogens is 425 g/mol. The minimum atomic E-state index is -1.94. The molecule has 6 heteroatoms. The van der Waals surface area contributed by atoms with Gasteiger partial charge in [-0.2, -0.15) is 0 Å². The van der Waals surface area contributed by atoms with Gasteiger partial charge in [-0.1, -0.05) is 71.5 Å². The van der Waals surface area contributed by atoms with E-state index in [4.69, 9.17) is 13.6 Å². The monoisotopic (exact) mass is 468 g/mol. The summed E-state index contributed by atoms with van der Waals surface area (Å²) >= 11 is 1.80. The van der Waals surface area contributed by atoms with E-state index >= 15 is 0 Å². The third-order valence-electron chi connectivity index (χ3n) is 7.12. The van der Waals surface area contributed by atoms with Crippen LogP contribution in [0.1, 0.15) is 54.9 Å². The summed E-state index contributed by atoms with van der Waals surface area (Å²) in [6, 6.07) is 10.5. The predicted octanol–water partition coefficient (Wildman–Crippen LogP) is 7.69. The van der Waals surface area contributed by atoms with Crippen LogP contribution in [0.25, 0.3) is 0 Å². The molecule has 1 aromatic carbocycles. The van der Waals surface area contributed by atoms with Crippen molar-refractivity contribution < 1.29 is 13.6 Å². The number of benzene rings is 1. The second-order valence-corrected chi connectivity index (χ2v) is 22.4. The third kappa shape index (κ3) is 6.45. The summed E-state index contributed by atoms with van der Waals surface area (Å²) in [6.07, 6.45) is 0.900. The van der Waals surface area contributed by atoms with Crippen molar-refractivity contribution in [2.24, 2.45) is 0 Å². The average molecular weight is 469 g/mol. The van der Waals surface area contributed by atoms with Gasteiger partial charge in [-0.3, -0.25) is 0 Å². The van der Waals surface area contributed by atoms with Gasteiger partial charge in [0.25, 0.3) is 0 Å². The lowest BCUT2D eigenvalue weighted by molar-refractivity contribution is -0.126. The van der Waals surface area contributed by atoms with Crippen molar-refractivity contribution in [1.29, 1.82) is 0 Å². The van der Waals surface area contributed by atoms with E-state index in [0.717, 1.165) is 6.42 Å². The van der Waals surface area contributed by atoms with E-state index < -0.39 is 16.6 Å². The first-order chi connectivity index (χ1) is 13.5. The first-order valence-corrected chi connectivity index (χ1v) is 18.0. The molecule has 0 unspecified atom stereocenters. The molecule has 1 aromatic rings. The summed E-state index contributed by atoms with van der Waals surface area (Å²) in [5.41, 5.74) is 0.0800. The highest BCUT2D eigenvalue weighted by atomic mass is 32.2. The van der Waals surface area contributed by atoms with E-state index in [9.17, 15) is 0 Å². The molecule has 1 aliphatic heterocycles. The number of hydrogen-bond donors (Lipinski definition) is 0. The lowest BCUT2D eigenvalue weighted by atomic mass is 10.0. The van der Waals surface area contributed by atoms with Gasteiger partial charge in [-0.15, -0.1) is 0 Å². The van der Waals surface area contributed by atoms with Crippen LogP contribution in [0.15, 0.2) is 35.2 Å². The van der Waals surface area contributed by atoms with Crippen LogP contribution >= 0.6 is 11.8 Å². The Morgan fingerprint density at radius 1 is 0.867 bits per heavy atom. The minimum Gasteiger partial charge on any atom is -0.411 e. The van der Waals surface area contributed by atoms with Crippen LogP contribution in [-0.2, 0) is 13.6 Å². The number of rotatable bonds is 6. The molecule has 30 heavy (non-hydrogen) atoms. The Kier molecular flexibility index (Phi) is 8.19. The molecule has 3 nitrogen and oxygen atoms in total. The van der Waals surface area contributed by atoms with Crippen LogP contribution in [0.5, 0.6) is 0 Å². The van der Waals surface area contributed by atoms with E-state index in [0.29, 0.717) is 0 Å². The van der Waals surface area contributed by atoms with Crippen LogP contribution in [0, 0.1) is 0 Å². The van der Waals surface area contributed by atoms with Crippen LogP contribution in [-0.4, -0.2) is 40.4 Å². The Morgan fingerprint density at radius 3 is 1.87 bits per heavy atom. The second kappa shape index (κ2) is 9.40. The van der Waals surface area contributed by atoms with Crippen LogP contribution in [0.4, 0.5) is 0 Å². The van der Waals surface area contributed by atoms with Crippen LogP contribution in [0.2, 0.25) is 36.3 Å². The Balaban J connectivity index is 2.28. The molecular formula is C24H44O3SSi2. The Hall–Kier alpha value is -0.116. The first kappa shape index (κ1) is 26.1. The number of ether oxygens (including phenoxy) is 1. The van der Waals surface area contributed by atoms with Crippen molar-refractivity contribution in [1.82, 2.24) is 0 Å². The topological polar surface area (TPSA) is 27.7 Å². The molecule has 0 saturated carbocycles. The maximum atomic E-state index is 7.00. The zero-order valence-corrected chi connectivity index (χ0v) is 23.9. The van der Waals surface area contributed by atoms with Gasteiger partial charge >= 0.3 is 0 Å². The summed E-state index contributed by atoms with van der Waals surface area (Å²) in [5.74, 6) is 0. The molecule has 1 saturated heterocycles. The largest absolute Gasteiger partial charge is 0.411 e. The van der Waals surface area contributed by atoms with Gasteiger partial charge in [0.1, 0.15) is 5.44 Å². The van der Waals surface area contributed by atoms with Crippen molar-refractivity contribution in [3.63, 3.8) is 0 Å². The summed E-state index contributed by atoms with van der Waals surface area (Å²) in [6.45, 7) is 25.3. The molecule has 0 amide bonds. The third-order valence-corrected chi connectivity index (χ3v) is 17.2. The van der Waals surface area contributed by atoms with Crippen molar-refractivity contribution in [2.45, 2.75) is 120 Å². The van der Waals surface area contributed by atoms with Gasteiger partial charge in [0.2, 0.25) is 0 Å². The van der Waals surface area contributed by atoms with Crippen molar-refractivity contribution in [2.75, 3.05) is 0 Å². The van der Waals surface area contributed by atoms with Gasteiger partial charge in [0.05, 0.1) is 18.3 Å². The predicted molar refractivity (Wildman–Crippen MR) is 135 cm³/mol. The van der Waals surface area contributed by atoms with E-state index in [1.165, 1.54) is 4.90 Å². The maximum absolute atomic E-state index is 7.00. The normalized spacial score (nSPS) is 26.6. The standard InChI is InChI=1S/C24H44O3SSi2/c1-18-22(27-30(10,11)24(5,6)7)20(26-29(8,9)23(2,3)4)17-21(25-18)28-19-15-13-12-14-16-19/h12-16,18,20-22H,17H2,1-11H3/t18-,20-,21+,22-/m0/s1. The molecule has 0 aromatic heterocycles. The van der Waals surface area contributed by atoms with E-state index in [1.54, 1.807) is 11.8 Å². The Labute approximate surface area is 191 Å². The minimum absolute atomic E-state index is 0.00357. The summed E-state index contributed by atoms with van der Waals surface area (Å²) in [7, 11) is -3.88. The molecule has 2 rings (SSSR count). The second-order valence-electron chi connectivity index (χ2n) is 11.7. The van der Waals surface area contributed by atoms with Crippen molar-refractivity contribution >= 4 is 28.4 Å². The zero-order chi connectivity index (χ0) is 23.0.